The summed E-state index contributed by atoms with van der Waals surface area (Å²) in [6.45, 7) is 4.93. The Hall–Kier alpha value is -1.28. The van der Waals surface area contributed by atoms with Crippen LogP contribution in [0.4, 0.5) is 0 Å². The number of unbranched alkanes of at least 4 members (excludes halogenated alkanes) is 47. The number of rotatable bonds is 66. The molecule has 0 heterocycles. The Bertz CT molecular complexity index is 1400. The minimum absolute atomic E-state index is 0.0762. The lowest BCUT2D eigenvalue weighted by Crippen LogP contribution is -2.46. The van der Waals surface area contributed by atoms with Crippen molar-refractivity contribution < 1.29 is 32.9 Å². The summed E-state index contributed by atoms with van der Waals surface area (Å²) in [5, 5.41) is 14.2. The van der Waals surface area contributed by atoms with Crippen molar-refractivity contribution in [2.45, 2.75) is 373 Å². The van der Waals surface area contributed by atoms with Crippen LogP contribution < -0.4 is 5.32 Å². The largest absolute Gasteiger partial charge is 0.472 e. The van der Waals surface area contributed by atoms with Gasteiger partial charge in [0.25, 0.3) is 0 Å². The molecule has 0 aliphatic heterocycles. The Labute approximate surface area is 499 Å². The maximum atomic E-state index is 13.1. The molecular formula is C71H140N2O6P+. The second kappa shape index (κ2) is 62.3. The number of carbonyl (C=O) groups excluding carboxylic acids is 1. The summed E-state index contributed by atoms with van der Waals surface area (Å²) < 4.78 is 23.9. The van der Waals surface area contributed by atoms with Gasteiger partial charge in [0.2, 0.25) is 5.91 Å². The number of phosphoric ester groups is 1. The van der Waals surface area contributed by atoms with Crippen LogP contribution in [0.15, 0.2) is 36.5 Å². The van der Waals surface area contributed by atoms with Crippen molar-refractivity contribution >= 4 is 13.7 Å². The zero-order valence-electron chi connectivity index (χ0n) is 54.3. The highest BCUT2D eigenvalue weighted by Gasteiger charge is 2.28. The van der Waals surface area contributed by atoms with Gasteiger partial charge in [0.1, 0.15) is 13.2 Å². The maximum Gasteiger partial charge on any atom is 0.472 e. The zero-order chi connectivity index (χ0) is 58.4. The molecule has 0 aromatic heterocycles. The summed E-state index contributed by atoms with van der Waals surface area (Å²) in [7, 11) is 1.63. The molecule has 1 amide bonds. The normalized spacial score (nSPS) is 13.8. The number of aliphatic hydroxyl groups is 1. The van der Waals surface area contributed by atoms with E-state index in [4.69, 9.17) is 9.05 Å². The first-order chi connectivity index (χ1) is 39.0. The van der Waals surface area contributed by atoms with Crippen LogP contribution in [0.5, 0.6) is 0 Å². The second-order valence-electron chi connectivity index (χ2n) is 25.6. The van der Waals surface area contributed by atoms with Crippen LogP contribution in [0.3, 0.4) is 0 Å². The molecule has 0 aromatic rings. The van der Waals surface area contributed by atoms with E-state index in [1.165, 1.54) is 283 Å². The van der Waals surface area contributed by atoms with Crippen LogP contribution in [-0.2, 0) is 18.4 Å². The molecule has 474 valence electrons. The van der Waals surface area contributed by atoms with Crippen LogP contribution in [-0.4, -0.2) is 73.4 Å². The van der Waals surface area contributed by atoms with E-state index in [-0.39, 0.29) is 19.1 Å². The number of phosphoric acid groups is 1. The third-order valence-electron chi connectivity index (χ3n) is 16.4. The molecule has 0 aliphatic carbocycles. The molecule has 0 fully saturated rings. The third kappa shape index (κ3) is 64.3. The molecule has 0 rings (SSSR count). The summed E-state index contributed by atoms with van der Waals surface area (Å²) >= 11 is 0. The SMILES string of the molecule is CCCCCCC/C=C\C/C=C\C/C=C\CCCCCCCCCCCCCCCCCCC(=O)NC(COP(=O)(O)OCC[N+](C)(C)C)C(O)CCCCCCCCCCCCCCCCCCCCCCCCCCCCC. The number of quaternary nitrogens is 1. The molecule has 3 N–H and O–H groups in total. The van der Waals surface area contributed by atoms with Gasteiger partial charge < -0.3 is 19.8 Å². The summed E-state index contributed by atoms with van der Waals surface area (Å²) in [6.07, 6.45) is 82.4. The number of nitrogens with one attached hydrogen (secondary N) is 1. The predicted octanol–water partition coefficient (Wildman–Crippen LogP) is 22.4. The molecular weight excluding hydrogens is 1010 g/mol. The molecule has 0 spiro atoms. The van der Waals surface area contributed by atoms with Crippen molar-refractivity contribution in [3.63, 3.8) is 0 Å². The summed E-state index contributed by atoms with van der Waals surface area (Å²) in [4.78, 5) is 23.5. The maximum absolute atomic E-state index is 13.1. The molecule has 8 nitrogen and oxygen atoms in total. The lowest BCUT2D eigenvalue weighted by molar-refractivity contribution is -0.870. The number of amides is 1. The van der Waals surface area contributed by atoms with Crippen LogP contribution in [0.1, 0.15) is 361 Å². The van der Waals surface area contributed by atoms with E-state index in [1.807, 2.05) is 21.1 Å². The Morgan fingerprint density at radius 3 is 1.04 bits per heavy atom. The molecule has 0 aliphatic rings. The van der Waals surface area contributed by atoms with Gasteiger partial charge in [-0.2, -0.15) is 0 Å². The van der Waals surface area contributed by atoms with Gasteiger partial charge in [-0.3, -0.25) is 13.8 Å². The highest BCUT2D eigenvalue weighted by atomic mass is 31.2. The lowest BCUT2D eigenvalue weighted by atomic mass is 10.0. The Morgan fingerprint density at radius 1 is 0.425 bits per heavy atom. The minimum atomic E-state index is -4.33. The van der Waals surface area contributed by atoms with Crippen LogP contribution >= 0.6 is 7.82 Å². The molecule has 0 radical (unpaired) electrons. The predicted molar refractivity (Wildman–Crippen MR) is 351 cm³/mol. The van der Waals surface area contributed by atoms with Gasteiger partial charge in [0.15, 0.2) is 0 Å². The fourth-order valence-electron chi connectivity index (χ4n) is 10.9. The lowest BCUT2D eigenvalue weighted by Gasteiger charge is -2.26. The average molecular weight is 1150 g/mol. The Balaban J connectivity index is 4.02. The number of nitrogens with zero attached hydrogens (tertiary/aromatic N) is 1. The van der Waals surface area contributed by atoms with Crippen molar-refractivity contribution in [3.05, 3.63) is 36.5 Å². The number of carbonyl (C=O) groups is 1. The van der Waals surface area contributed by atoms with Crippen molar-refractivity contribution in [2.75, 3.05) is 40.9 Å². The van der Waals surface area contributed by atoms with Crippen LogP contribution in [0.25, 0.3) is 0 Å². The first kappa shape index (κ1) is 78.7. The van der Waals surface area contributed by atoms with Crippen molar-refractivity contribution in [1.29, 1.82) is 0 Å². The summed E-state index contributed by atoms with van der Waals surface area (Å²) in [5.74, 6) is -0.138. The van der Waals surface area contributed by atoms with E-state index < -0.39 is 20.0 Å². The Morgan fingerprint density at radius 2 is 0.713 bits per heavy atom. The molecule has 3 unspecified atom stereocenters. The van der Waals surface area contributed by atoms with E-state index in [1.54, 1.807) is 0 Å². The number of hydrogen-bond acceptors (Lipinski definition) is 5. The van der Waals surface area contributed by atoms with E-state index in [9.17, 15) is 19.4 Å². The van der Waals surface area contributed by atoms with E-state index in [2.05, 4.69) is 55.6 Å². The van der Waals surface area contributed by atoms with Gasteiger partial charge in [-0.25, -0.2) is 4.57 Å². The molecule has 0 saturated heterocycles. The van der Waals surface area contributed by atoms with Crippen LogP contribution in [0.2, 0.25) is 0 Å². The highest BCUT2D eigenvalue weighted by Crippen LogP contribution is 2.43. The van der Waals surface area contributed by atoms with Gasteiger partial charge in [0, 0.05) is 6.42 Å². The first-order valence-electron chi connectivity index (χ1n) is 35.4. The summed E-state index contributed by atoms with van der Waals surface area (Å²) in [5.41, 5.74) is 0. The molecule has 0 saturated carbocycles. The molecule has 80 heavy (non-hydrogen) atoms. The van der Waals surface area contributed by atoms with Gasteiger partial charge in [-0.1, -0.05) is 339 Å². The topological polar surface area (TPSA) is 105 Å². The average Bonchev–Trinajstić information content (AvgIpc) is 3.42. The Kier molecular flexibility index (Phi) is 61.3. The minimum Gasteiger partial charge on any atom is -0.391 e. The number of hydrogen-bond donors (Lipinski definition) is 3. The monoisotopic (exact) mass is 1150 g/mol. The first-order valence-corrected chi connectivity index (χ1v) is 36.8. The fourth-order valence-corrected chi connectivity index (χ4v) is 11.6. The number of likely N-dealkylation sites (N-methyl/N-ethyl adjacent to an activating group) is 1. The van der Waals surface area contributed by atoms with Gasteiger partial charge in [-0.05, 0) is 51.4 Å². The van der Waals surface area contributed by atoms with E-state index >= 15 is 0 Å². The molecule has 0 bridgehead atoms. The van der Waals surface area contributed by atoms with Gasteiger partial charge >= 0.3 is 7.82 Å². The molecule has 3 atom stereocenters. The zero-order valence-corrected chi connectivity index (χ0v) is 55.2. The standard InChI is InChI=1S/C71H139N2O6P/c1-6-8-10-12-14-16-18-20-22-24-26-28-30-32-34-35-36-37-39-41-43-45-47-49-51-53-55-57-59-61-63-65-71(75)72-69(68-79-80(76,77)78-67-66-73(3,4)5)70(74)64-62-60-58-56-54-52-50-48-46-44-42-40-38-33-31-29-27-25-23-21-19-17-15-13-11-9-7-2/h18,20,24,26,30,32,69-70,74H,6-17,19,21-23,25,27-29,31,33-68H2,1-5H3,(H-,72,75,76,77)/p+1/b20-18-,26-24-,32-30-. The summed E-state index contributed by atoms with van der Waals surface area (Å²) in [6, 6.07) is -0.762. The van der Waals surface area contributed by atoms with Gasteiger partial charge in [-0.15, -0.1) is 0 Å². The number of aliphatic hydroxyl groups excluding tert-OH is 1. The third-order valence-corrected chi connectivity index (χ3v) is 17.4. The smallest absolute Gasteiger partial charge is 0.391 e. The van der Waals surface area contributed by atoms with E-state index in [0.717, 1.165) is 51.4 Å². The van der Waals surface area contributed by atoms with Crippen molar-refractivity contribution in [3.8, 4) is 0 Å². The van der Waals surface area contributed by atoms with Crippen LogP contribution in [0, 0.1) is 0 Å². The van der Waals surface area contributed by atoms with E-state index in [0.29, 0.717) is 23.9 Å². The quantitative estimate of drug-likeness (QED) is 0.0243. The van der Waals surface area contributed by atoms with Crippen molar-refractivity contribution in [2.24, 2.45) is 0 Å². The fraction of sp³-hybridized carbons (Fsp3) is 0.901. The second-order valence-corrected chi connectivity index (χ2v) is 27.1. The number of allylic oxidation sites excluding steroid dienone is 6. The van der Waals surface area contributed by atoms with Gasteiger partial charge in [0.05, 0.1) is 39.9 Å². The van der Waals surface area contributed by atoms with Crippen molar-refractivity contribution in [1.82, 2.24) is 5.32 Å². The molecule has 0 aromatic carbocycles. The molecule has 9 heteroatoms. The highest BCUT2D eigenvalue weighted by molar-refractivity contribution is 7.47.